The van der Waals surface area contributed by atoms with Crippen LogP contribution in [0.2, 0.25) is 0 Å². The Labute approximate surface area is 212 Å². The molecule has 37 heavy (non-hydrogen) atoms. The van der Waals surface area contributed by atoms with Crippen molar-refractivity contribution in [1.29, 1.82) is 0 Å². The maximum absolute atomic E-state index is 11.6. The number of amides is 2. The van der Waals surface area contributed by atoms with Gasteiger partial charge in [-0.1, -0.05) is 24.3 Å². The first-order valence-corrected chi connectivity index (χ1v) is 10.6. The van der Waals surface area contributed by atoms with Gasteiger partial charge in [-0.2, -0.15) is 5.10 Å². The molecule has 2 amide bonds. The van der Waals surface area contributed by atoms with Crippen molar-refractivity contribution >= 4 is 24.3 Å². The van der Waals surface area contributed by atoms with Gasteiger partial charge in [0.1, 0.15) is 11.5 Å². The van der Waals surface area contributed by atoms with Crippen LogP contribution >= 0.6 is 0 Å². The van der Waals surface area contributed by atoms with E-state index in [1.807, 2.05) is 5.43 Å². The van der Waals surface area contributed by atoms with Gasteiger partial charge in [0.2, 0.25) is 0 Å². The van der Waals surface area contributed by atoms with Gasteiger partial charge in [-0.05, 0) is 48.5 Å². The number of aromatic hydroxyl groups is 2. The minimum absolute atomic E-state index is 0.0347. The van der Waals surface area contributed by atoms with E-state index < -0.39 is 0 Å². The Morgan fingerprint density at radius 2 is 1.19 bits per heavy atom. The van der Waals surface area contributed by atoms with Gasteiger partial charge in [-0.3, -0.25) is 29.8 Å². The summed E-state index contributed by atoms with van der Waals surface area (Å²) in [4.78, 5) is 40.0. The number of rotatable bonds is 5. The number of nitrogens with two attached hydrogens (primary N) is 1. The van der Waals surface area contributed by atoms with Gasteiger partial charge in [0.15, 0.2) is 6.29 Å². The van der Waals surface area contributed by atoms with E-state index in [4.69, 9.17) is 10.9 Å². The topological polar surface area (TPSA) is 180 Å². The van der Waals surface area contributed by atoms with Gasteiger partial charge in [0.05, 0.1) is 11.8 Å². The van der Waals surface area contributed by atoms with Crippen LogP contribution in [0.4, 0.5) is 0 Å². The van der Waals surface area contributed by atoms with E-state index in [2.05, 4.69) is 20.5 Å². The fraction of sp³-hybridized carbons (Fsp3) is 0. The number of hydrogen-bond acceptors (Lipinski definition) is 9. The molecule has 0 fully saturated rings. The maximum Gasteiger partial charge on any atom is 0.271 e. The second-order valence-electron chi connectivity index (χ2n) is 6.88. The molecule has 11 nitrogen and oxygen atoms in total. The number of para-hydroxylation sites is 2. The van der Waals surface area contributed by atoms with E-state index >= 15 is 0 Å². The van der Waals surface area contributed by atoms with Crippen LogP contribution in [0.5, 0.6) is 11.5 Å². The third-order valence-electron chi connectivity index (χ3n) is 4.39. The number of carbonyl (C=O) groups excluding carboxylic acids is 3. The summed E-state index contributed by atoms with van der Waals surface area (Å²) in [6.07, 6.45) is 8.13. The largest absolute Gasteiger partial charge is 0.507 e. The summed E-state index contributed by atoms with van der Waals surface area (Å²) in [6, 6.07) is 19.5. The highest BCUT2D eigenvalue weighted by Crippen LogP contribution is 2.12. The lowest BCUT2D eigenvalue weighted by molar-refractivity contribution is 0.0946. The van der Waals surface area contributed by atoms with Crippen LogP contribution in [0.15, 0.2) is 103 Å². The normalized spacial score (nSPS) is 9.65. The van der Waals surface area contributed by atoms with Crippen LogP contribution in [0.25, 0.3) is 0 Å². The zero-order chi connectivity index (χ0) is 26.9. The fourth-order valence-corrected chi connectivity index (χ4v) is 2.50. The molecule has 0 bridgehead atoms. The summed E-state index contributed by atoms with van der Waals surface area (Å²) in [6.45, 7) is 0. The summed E-state index contributed by atoms with van der Waals surface area (Å²) in [5.41, 5.74) is 6.23. The number of benzene rings is 2. The number of nitrogen functional groups attached to an aromatic ring is 1. The molecule has 0 aliphatic rings. The van der Waals surface area contributed by atoms with E-state index in [-0.39, 0.29) is 23.3 Å². The highest BCUT2D eigenvalue weighted by Gasteiger charge is 2.02. The van der Waals surface area contributed by atoms with Crippen molar-refractivity contribution in [3.8, 4) is 11.5 Å². The number of phenolic OH excluding ortho intramolecular Hbond substituents is 2. The van der Waals surface area contributed by atoms with Crippen molar-refractivity contribution in [2.75, 3.05) is 0 Å². The van der Waals surface area contributed by atoms with E-state index in [0.717, 1.165) is 0 Å². The Morgan fingerprint density at radius 1 is 0.730 bits per heavy atom. The lowest BCUT2D eigenvalue weighted by Crippen LogP contribution is -2.29. The molecule has 2 heterocycles. The lowest BCUT2D eigenvalue weighted by Gasteiger charge is -1.99. The average Bonchev–Trinajstić information content (AvgIpc) is 2.95. The molecule has 0 radical (unpaired) electrons. The second kappa shape index (κ2) is 15.5. The van der Waals surface area contributed by atoms with Crippen molar-refractivity contribution in [3.63, 3.8) is 0 Å². The molecule has 2 aromatic heterocycles. The summed E-state index contributed by atoms with van der Waals surface area (Å²) in [5.74, 6) is 4.40. The minimum Gasteiger partial charge on any atom is -0.507 e. The molecule has 0 atom stereocenters. The Bertz CT molecular complexity index is 1320. The molecule has 4 rings (SSSR count). The van der Waals surface area contributed by atoms with Crippen molar-refractivity contribution in [2.24, 2.45) is 10.9 Å². The lowest BCUT2D eigenvalue weighted by atomic mass is 10.2. The van der Waals surface area contributed by atoms with E-state index in [1.165, 1.54) is 37.1 Å². The smallest absolute Gasteiger partial charge is 0.271 e. The molecule has 2 aromatic carbocycles. The number of hydrogen-bond donors (Lipinski definition) is 5. The number of hydrazone groups is 1. The molecular weight excluding hydrogens is 476 g/mol. The molecule has 0 saturated heterocycles. The minimum atomic E-state index is -0.330. The zero-order valence-corrected chi connectivity index (χ0v) is 19.4. The van der Waals surface area contributed by atoms with Crippen LogP contribution in [-0.2, 0) is 0 Å². The molecule has 0 unspecified atom stereocenters. The number of carbonyl (C=O) groups is 3. The molecule has 188 valence electrons. The highest BCUT2D eigenvalue weighted by atomic mass is 16.3. The zero-order valence-electron chi connectivity index (χ0n) is 19.4. The average molecular weight is 501 g/mol. The summed E-state index contributed by atoms with van der Waals surface area (Å²) < 4.78 is 0. The molecule has 4 aromatic rings. The van der Waals surface area contributed by atoms with Gasteiger partial charge < -0.3 is 10.2 Å². The fourth-order valence-electron chi connectivity index (χ4n) is 2.50. The van der Waals surface area contributed by atoms with Gasteiger partial charge in [0.25, 0.3) is 11.8 Å². The first-order chi connectivity index (χ1) is 18.0. The number of nitrogens with one attached hydrogen (secondary N) is 2. The Morgan fingerprint density at radius 3 is 1.62 bits per heavy atom. The summed E-state index contributed by atoms with van der Waals surface area (Å²) in [7, 11) is 0. The van der Waals surface area contributed by atoms with Crippen molar-refractivity contribution in [2.45, 2.75) is 0 Å². The maximum atomic E-state index is 11.6. The quantitative estimate of drug-likeness (QED) is 0.0911. The van der Waals surface area contributed by atoms with Crippen LogP contribution in [0, 0.1) is 0 Å². The molecule has 0 spiro atoms. The molecular formula is C26H24N6O5. The predicted molar refractivity (Wildman–Crippen MR) is 137 cm³/mol. The molecule has 6 N–H and O–H groups in total. The van der Waals surface area contributed by atoms with E-state index in [1.54, 1.807) is 66.7 Å². The van der Waals surface area contributed by atoms with Crippen LogP contribution in [0.1, 0.15) is 36.6 Å². The standard InChI is InChI=1S/C13H11N3O2.C7H6O2.C6H7N3O/c17-12-4-2-1-3-11(12)9-15-16-13(18)10-5-7-14-8-6-10;8-5-6-3-1-2-4-7(6)9;7-9-6(10)5-1-3-8-4-2-5/h1-9,17H,(H,16,18);1-5,9H;1-4H,7H2,(H,9,10)/b15-9+;;. The second-order valence-corrected chi connectivity index (χ2v) is 6.88. The van der Waals surface area contributed by atoms with Crippen LogP contribution < -0.4 is 16.7 Å². The molecule has 0 aliphatic carbocycles. The first-order valence-electron chi connectivity index (χ1n) is 10.6. The van der Waals surface area contributed by atoms with Crippen molar-refractivity contribution in [1.82, 2.24) is 20.8 Å². The number of phenols is 2. The predicted octanol–water partition coefficient (Wildman–Crippen LogP) is 2.44. The van der Waals surface area contributed by atoms with Crippen molar-refractivity contribution < 1.29 is 24.6 Å². The third-order valence-corrected chi connectivity index (χ3v) is 4.39. The first kappa shape index (κ1) is 27.8. The van der Waals surface area contributed by atoms with Crippen LogP contribution in [-0.4, -0.2) is 44.5 Å². The Balaban J connectivity index is 0.000000214. The Hall–Kier alpha value is -5.42. The summed E-state index contributed by atoms with van der Waals surface area (Å²) in [5, 5.41) is 22.1. The van der Waals surface area contributed by atoms with E-state index in [0.29, 0.717) is 28.5 Å². The van der Waals surface area contributed by atoms with Gasteiger partial charge in [-0.15, -0.1) is 0 Å². The molecule has 11 heteroatoms. The van der Waals surface area contributed by atoms with Gasteiger partial charge in [0, 0.05) is 41.5 Å². The number of aromatic nitrogens is 2. The summed E-state index contributed by atoms with van der Waals surface area (Å²) >= 11 is 0. The Kier molecular flexibility index (Phi) is 11.6. The number of hydrazine groups is 1. The van der Waals surface area contributed by atoms with Crippen LogP contribution in [0.3, 0.4) is 0 Å². The molecule has 0 saturated carbocycles. The number of nitrogens with zero attached hydrogens (tertiary/aromatic N) is 3. The van der Waals surface area contributed by atoms with Gasteiger partial charge in [-0.25, -0.2) is 11.3 Å². The van der Waals surface area contributed by atoms with E-state index in [9.17, 15) is 19.5 Å². The highest BCUT2D eigenvalue weighted by molar-refractivity contribution is 5.95. The third kappa shape index (κ3) is 9.76. The molecule has 0 aliphatic heterocycles. The van der Waals surface area contributed by atoms with Crippen molar-refractivity contribution in [3.05, 3.63) is 120 Å². The monoisotopic (exact) mass is 500 g/mol. The number of pyridine rings is 2. The SMILES string of the molecule is NNC(=O)c1ccncc1.O=C(N/N=C/c1ccccc1O)c1ccncc1.O=Cc1ccccc1O. The number of aldehydes is 1. The van der Waals surface area contributed by atoms with Gasteiger partial charge >= 0.3 is 0 Å².